The molecule has 0 saturated heterocycles. The van der Waals surface area contributed by atoms with Crippen LogP contribution in [-0.2, 0) is 6.42 Å². The van der Waals surface area contributed by atoms with Crippen LogP contribution in [0.4, 0.5) is 0 Å². The number of aromatic nitrogens is 1. The minimum atomic E-state index is 0.180. The third-order valence-corrected chi connectivity index (χ3v) is 4.29. The first kappa shape index (κ1) is 13.8. The number of nitrogens with one attached hydrogen (secondary N) is 1. The standard InChI is InChI=1S/C13H17BrN2OS/c1-3-5-15-11(13-10(14)4-6-17-13)7-12-16-9(2)8-18-12/h4,6,8,11,15H,3,5,7H2,1-2H3. The summed E-state index contributed by atoms with van der Waals surface area (Å²) in [5, 5.41) is 6.74. The number of rotatable bonds is 6. The molecule has 0 spiro atoms. The molecule has 2 rings (SSSR count). The van der Waals surface area contributed by atoms with Crippen molar-refractivity contribution >= 4 is 27.3 Å². The van der Waals surface area contributed by atoms with Crippen molar-refractivity contribution in [2.75, 3.05) is 6.54 Å². The molecule has 5 heteroatoms. The van der Waals surface area contributed by atoms with Crippen LogP contribution in [0.1, 0.15) is 35.8 Å². The van der Waals surface area contributed by atoms with E-state index in [1.165, 1.54) is 0 Å². The van der Waals surface area contributed by atoms with E-state index in [1.54, 1.807) is 17.6 Å². The van der Waals surface area contributed by atoms with Gasteiger partial charge in [-0.1, -0.05) is 6.92 Å². The summed E-state index contributed by atoms with van der Waals surface area (Å²) >= 11 is 5.23. The Kier molecular flexibility index (Phi) is 4.97. The Hall–Kier alpha value is -0.650. The Morgan fingerprint density at radius 1 is 1.56 bits per heavy atom. The maximum atomic E-state index is 5.57. The second-order valence-corrected chi connectivity index (χ2v) is 6.02. The van der Waals surface area contributed by atoms with Gasteiger partial charge in [-0.2, -0.15) is 0 Å². The van der Waals surface area contributed by atoms with Crippen molar-refractivity contribution in [1.29, 1.82) is 0 Å². The number of thiazole rings is 1. The molecule has 0 radical (unpaired) electrons. The average Bonchev–Trinajstić information content (AvgIpc) is 2.93. The van der Waals surface area contributed by atoms with Gasteiger partial charge in [0.25, 0.3) is 0 Å². The lowest BCUT2D eigenvalue weighted by molar-refractivity contribution is 0.408. The van der Waals surface area contributed by atoms with E-state index in [9.17, 15) is 0 Å². The van der Waals surface area contributed by atoms with Gasteiger partial charge in [0.2, 0.25) is 0 Å². The van der Waals surface area contributed by atoms with E-state index in [0.717, 1.165) is 40.3 Å². The molecule has 0 saturated carbocycles. The zero-order valence-electron chi connectivity index (χ0n) is 10.6. The molecule has 1 atom stereocenters. The van der Waals surface area contributed by atoms with Crippen molar-refractivity contribution in [3.63, 3.8) is 0 Å². The van der Waals surface area contributed by atoms with Crippen LogP contribution in [0, 0.1) is 6.92 Å². The fourth-order valence-corrected chi connectivity index (χ4v) is 3.10. The van der Waals surface area contributed by atoms with Crippen molar-refractivity contribution in [1.82, 2.24) is 10.3 Å². The summed E-state index contributed by atoms with van der Waals surface area (Å²) < 4.78 is 6.59. The van der Waals surface area contributed by atoms with Crippen molar-refractivity contribution in [2.24, 2.45) is 0 Å². The smallest absolute Gasteiger partial charge is 0.135 e. The molecule has 1 N–H and O–H groups in total. The van der Waals surface area contributed by atoms with E-state index < -0.39 is 0 Å². The van der Waals surface area contributed by atoms with E-state index >= 15 is 0 Å². The molecule has 0 bridgehead atoms. The van der Waals surface area contributed by atoms with Crippen molar-refractivity contribution in [3.8, 4) is 0 Å². The molecule has 2 aromatic heterocycles. The first-order valence-electron chi connectivity index (χ1n) is 6.08. The maximum absolute atomic E-state index is 5.57. The highest BCUT2D eigenvalue weighted by Crippen LogP contribution is 2.28. The molecule has 3 nitrogen and oxygen atoms in total. The predicted molar refractivity (Wildman–Crippen MR) is 78.0 cm³/mol. The predicted octanol–water partition coefficient (Wildman–Crippen LogP) is 4.09. The Morgan fingerprint density at radius 2 is 2.39 bits per heavy atom. The molecule has 0 aromatic carbocycles. The van der Waals surface area contributed by atoms with E-state index in [-0.39, 0.29) is 6.04 Å². The van der Waals surface area contributed by atoms with Gasteiger partial charge in [-0.25, -0.2) is 4.98 Å². The lowest BCUT2D eigenvalue weighted by Gasteiger charge is -2.15. The molecule has 2 heterocycles. The topological polar surface area (TPSA) is 38.1 Å². The third kappa shape index (κ3) is 3.43. The number of halogens is 1. The van der Waals surface area contributed by atoms with Crippen LogP contribution < -0.4 is 5.32 Å². The summed E-state index contributed by atoms with van der Waals surface area (Å²) in [7, 11) is 0. The molecule has 98 valence electrons. The van der Waals surface area contributed by atoms with Crippen molar-refractivity contribution < 1.29 is 4.42 Å². The quantitative estimate of drug-likeness (QED) is 0.867. The summed E-state index contributed by atoms with van der Waals surface area (Å²) in [6.07, 6.45) is 3.68. The normalized spacial score (nSPS) is 12.8. The van der Waals surface area contributed by atoms with Gasteiger partial charge in [0.15, 0.2) is 0 Å². The Bertz CT molecular complexity index is 495. The van der Waals surface area contributed by atoms with Crippen LogP contribution in [0.3, 0.4) is 0 Å². The highest BCUT2D eigenvalue weighted by molar-refractivity contribution is 9.10. The van der Waals surface area contributed by atoms with Gasteiger partial charge in [0.05, 0.1) is 21.8 Å². The van der Waals surface area contributed by atoms with Gasteiger partial charge in [-0.3, -0.25) is 0 Å². The van der Waals surface area contributed by atoms with Crippen molar-refractivity contribution in [2.45, 2.75) is 32.7 Å². The van der Waals surface area contributed by atoms with Crippen LogP contribution in [-0.4, -0.2) is 11.5 Å². The monoisotopic (exact) mass is 328 g/mol. The summed E-state index contributed by atoms with van der Waals surface area (Å²) in [5.41, 5.74) is 1.09. The molecule has 0 aliphatic heterocycles. The van der Waals surface area contributed by atoms with Gasteiger partial charge in [-0.15, -0.1) is 11.3 Å². The molecule has 1 unspecified atom stereocenters. The summed E-state index contributed by atoms with van der Waals surface area (Å²) in [4.78, 5) is 4.52. The molecule has 2 aromatic rings. The van der Waals surface area contributed by atoms with E-state index in [2.05, 4.69) is 38.5 Å². The third-order valence-electron chi connectivity index (χ3n) is 2.65. The van der Waals surface area contributed by atoms with Gasteiger partial charge in [0, 0.05) is 17.5 Å². The molecular weight excluding hydrogens is 312 g/mol. The Labute approximate surface area is 120 Å². The largest absolute Gasteiger partial charge is 0.466 e. The molecule has 0 aliphatic rings. The number of hydrogen-bond acceptors (Lipinski definition) is 4. The molecular formula is C13H17BrN2OS. The van der Waals surface area contributed by atoms with Gasteiger partial charge in [-0.05, 0) is 41.9 Å². The van der Waals surface area contributed by atoms with Crippen LogP contribution in [0.25, 0.3) is 0 Å². The van der Waals surface area contributed by atoms with Gasteiger partial charge >= 0.3 is 0 Å². The van der Waals surface area contributed by atoms with Gasteiger partial charge in [0.1, 0.15) is 5.76 Å². The lowest BCUT2D eigenvalue weighted by atomic mass is 10.1. The molecule has 0 amide bonds. The van der Waals surface area contributed by atoms with E-state index in [0.29, 0.717) is 0 Å². The lowest BCUT2D eigenvalue weighted by Crippen LogP contribution is -2.24. The minimum absolute atomic E-state index is 0.180. The molecule has 0 aliphatic carbocycles. The van der Waals surface area contributed by atoms with Crippen LogP contribution in [0.15, 0.2) is 26.6 Å². The molecule has 18 heavy (non-hydrogen) atoms. The maximum Gasteiger partial charge on any atom is 0.135 e. The Balaban J connectivity index is 2.12. The zero-order chi connectivity index (χ0) is 13.0. The van der Waals surface area contributed by atoms with E-state index in [4.69, 9.17) is 4.42 Å². The summed E-state index contributed by atoms with van der Waals surface area (Å²) in [6.45, 7) is 5.16. The second-order valence-electron chi connectivity index (χ2n) is 4.23. The first-order chi connectivity index (χ1) is 8.70. The Morgan fingerprint density at radius 3 is 2.94 bits per heavy atom. The fourth-order valence-electron chi connectivity index (χ4n) is 1.80. The molecule has 0 fully saturated rings. The number of hydrogen-bond donors (Lipinski definition) is 1. The fraction of sp³-hybridized carbons (Fsp3) is 0.462. The number of furan rings is 1. The highest BCUT2D eigenvalue weighted by Gasteiger charge is 2.19. The van der Waals surface area contributed by atoms with Crippen molar-refractivity contribution in [3.05, 3.63) is 38.6 Å². The zero-order valence-corrected chi connectivity index (χ0v) is 13.0. The van der Waals surface area contributed by atoms with E-state index in [1.807, 2.05) is 13.0 Å². The number of aryl methyl sites for hydroxylation is 1. The number of nitrogens with zero attached hydrogens (tertiary/aromatic N) is 1. The average molecular weight is 329 g/mol. The van der Waals surface area contributed by atoms with Crippen LogP contribution in [0.5, 0.6) is 0 Å². The minimum Gasteiger partial charge on any atom is -0.466 e. The van der Waals surface area contributed by atoms with Gasteiger partial charge < -0.3 is 9.73 Å². The summed E-state index contributed by atoms with van der Waals surface area (Å²) in [6, 6.07) is 2.11. The van der Waals surface area contributed by atoms with Crippen LogP contribution >= 0.6 is 27.3 Å². The second kappa shape index (κ2) is 6.50. The first-order valence-corrected chi connectivity index (χ1v) is 7.75. The highest BCUT2D eigenvalue weighted by atomic mass is 79.9. The van der Waals surface area contributed by atoms with Crippen LogP contribution in [0.2, 0.25) is 0 Å². The SMILES string of the molecule is CCCNC(Cc1nc(C)cs1)c1occc1Br. The summed E-state index contributed by atoms with van der Waals surface area (Å²) in [5.74, 6) is 0.955.